The minimum absolute atomic E-state index is 0.0119. The Morgan fingerprint density at radius 1 is 1.46 bits per heavy atom. The molecule has 0 aromatic rings. The van der Waals surface area contributed by atoms with Gasteiger partial charge in [0.1, 0.15) is 11.7 Å². The number of allylic oxidation sites excluding steroid dienone is 1. The number of ether oxygens (including phenoxy) is 1. The smallest absolute Gasteiger partial charge is 0.331 e. The van der Waals surface area contributed by atoms with Crippen LogP contribution in [0.1, 0.15) is 39.0 Å². The lowest BCUT2D eigenvalue weighted by Gasteiger charge is -2.42. The number of carbonyl (C=O) groups excluding carboxylic acids is 2. The van der Waals surface area contributed by atoms with Gasteiger partial charge in [0, 0.05) is 31.6 Å². The molecule has 132 valence electrons. The third-order valence-electron chi connectivity index (χ3n) is 6.03. The van der Waals surface area contributed by atoms with Gasteiger partial charge in [-0.15, -0.1) is 0 Å². The molecule has 0 spiro atoms. The van der Waals surface area contributed by atoms with Crippen molar-refractivity contribution in [1.29, 1.82) is 0 Å². The van der Waals surface area contributed by atoms with Crippen LogP contribution < -0.4 is 0 Å². The van der Waals surface area contributed by atoms with Crippen molar-refractivity contribution in [3.63, 3.8) is 0 Å². The van der Waals surface area contributed by atoms with E-state index in [0.29, 0.717) is 32.4 Å². The molecule has 2 aliphatic carbocycles. The Morgan fingerprint density at radius 2 is 2.21 bits per heavy atom. The summed E-state index contributed by atoms with van der Waals surface area (Å²) in [4.78, 5) is 39.2. The number of carboxylic acids is 1. The molecule has 1 saturated carbocycles. The summed E-state index contributed by atoms with van der Waals surface area (Å²) in [5.41, 5.74) is -0.0651. The van der Waals surface area contributed by atoms with E-state index in [1.807, 2.05) is 6.92 Å². The van der Waals surface area contributed by atoms with E-state index in [4.69, 9.17) is 4.74 Å². The van der Waals surface area contributed by atoms with Crippen molar-refractivity contribution in [2.45, 2.75) is 45.1 Å². The van der Waals surface area contributed by atoms with Crippen LogP contribution >= 0.6 is 0 Å². The van der Waals surface area contributed by atoms with Crippen LogP contribution in [0.5, 0.6) is 0 Å². The first kappa shape index (κ1) is 17.1. The number of likely N-dealkylation sites (tertiary alicyclic amines) is 1. The third-order valence-corrected chi connectivity index (χ3v) is 6.03. The number of ketones is 1. The predicted molar refractivity (Wildman–Crippen MR) is 86.3 cm³/mol. The fraction of sp³-hybridized carbons (Fsp3) is 0.722. The van der Waals surface area contributed by atoms with Gasteiger partial charge < -0.3 is 14.7 Å². The van der Waals surface area contributed by atoms with Gasteiger partial charge in [0.05, 0.1) is 12.6 Å². The van der Waals surface area contributed by atoms with Crippen LogP contribution in [0.15, 0.2) is 11.6 Å². The topological polar surface area (TPSA) is 83.9 Å². The van der Waals surface area contributed by atoms with Crippen LogP contribution in [-0.2, 0) is 19.1 Å². The monoisotopic (exact) mass is 335 g/mol. The van der Waals surface area contributed by atoms with E-state index in [1.54, 1.807) is 18.1 Å². The van der Waals surface area contributed by atoms with Gasteiger partial charge in [0.2, 0.25) is 5.91 Å². The molecule has 1 amide bonds. The van der Waals surface area contributed by atoms with Gasteiger partial charge in [-0.05, 0) is 31.1 Å². The molecule has 0 radical (unpaired) electrons. The molecule has 24 heavy (non-hydrogen) atoms. The SMILES string of the molecule is COC[C@@H]1CCCN1C(=O)[C@H]1C(=O)CC[C@]2(C)CC=C(C(=O)O)[C@H]12. The number of nitrogens with zero attached hydrogens (tertiary/aromatic N) is 1. The molecule has 6 heteroatoms. The van der Waals surface area contributed by atoms with E-state index >= 15 is 0 Å². The van der Waals surface area contributed by atoms with Crippen molar-refractivity contribution in [3.05, 3.63) is 11.6 Å². The molecule has 1 heterocycles. The zero-order valence-electron chi connectivity index (χ0n) is 14.3. The fourth-order valence-electron chi connectivity index (χ4n) is 4.73. The predicted octanol–water partition coefficient (Wildman–Crippen LogP) is 1.64. The number of aliphatic carboxylic acids is 1. The van der Waals surface area contributed by atoms with Gasteiger partial charge in [0.15, 0.2) is 0 Å². The summed E-state index contributed by atoms with van der Waals surface area (Å²) in [7, 11) is 1.60. The fourth-order valence-corrected chi connectivity index (χ4v) is 4.73. The maximum Gasteiger partial charge on any atom is 0.331 e. The summed E-state index contributed by atoms with van der Waals surface area (Å²) in [5, 5.41) is 9.53. The van der Waals surface area contributed by atoms with Gasteiger partial charge in [-0.3, -0.25) is 9.59 Å². The molecule has 3 rings (SSSR count). The maximum atomic E-state index is 13.2. The van der Waals surface area contributed by atoms with Gasteiger partial charge >= 0.3 is 5.97 Å². The summed E-state index contributed by atoms with van der Waals surface area (Å²) >= 11 is 0. The van der Waals surface area contributed by atoms with Gasteiger partial charge in [-0.1, -0.05) is 13.0 Å². The average molecular weight is 335 g/mol. The lowest BCUT2D eigenvalue weighted by atomic mass is 9.61. The summed E-state index contributed by atoms with van der Waals surface area (Å²) in [5.74, 6) is -2.69. The number of carbonyl (C=O) groups is 3. The minimum atomic E-state index is -1.01. The lowest BCUT2D eigenvalue weighted by Crippen LogP contribution is -2.51. The average Bonchev–Trinajstić information content (AvgIpc) is 3.12. The van der Waals surface area contributed by atoms with E-state index in [9.17, 15) is 19.5 Å². The molecule has 0 bridgehead atoms. The molecule has 4 atom stereocenters. The molecule has 0 unspecified atom stereocenters. The first-order valence-electron chi connectivity index (χ1n) is 8.64. The number of Topliss-reactive ketones (excluding diaryl/α,β-unsaturated/α-hetero) is 1. The number of carboxylic acid groups (broad SMARTS) is 1. The highest BCUT2D eigenvalue weighted by Gasteiger charge is 2.55. The zero-order valence-corrected chi connectivity index (χ0v) is 14.3. The van der Waals surface area contributed by atoms with Crippen molar-refractivity contribution in [2.75, 3.05) is 20.3 Å². The molecule has 2 fully saturated rings. The largest absolute Gasteiger partial charge is 0.478 e. The van der Waals surface area contributed by atoms with Gasteiger partial charge in [-0.25, -0.2) is 4.79 Å². The Kier molecular flexibility index (Phi) is 4.51. The number of rotatable bonds is 4. The Balaban J connectivity index is 1.91. The van der Waals surface area contributed by atoms with Gasteiger partial charge in [0.25, 0.3) is 0 Å². The number of methoxy groups -OCH3 is 1. The van der Waals surface area contributed by atoms with E-state index in [0.717, 1.165) is 12.8 Å². The summed E-state index contributed by atoms with van der Waals surface area (Å²) in [6.07, 6.45) is 5.09. The quantitative estimate of drug-likeness (QED) is 0.790. The van der Waals surface area contributed by atoms with Crippen LogP contribution in [0.2, 0.25) is 0 Å². The van der Waals surface area contributed by atoms with E-state index < -0.39 is 17.8 Å². The molecule has 1 saturated heterocycles. The van der Waals surface area contributed by atoms with E-state index in [2.05, 4.69) is 0 Å². The van der Waals surface area contributed by atoms with Crippen molar-refractivity contribution in [2.24, 2.45) is 17.3 Å². The second kappa shape index (κ2) is 6.31. The number of hydrogen-bond donors (Lipinski definition) is 1. The maximum absolute atomic E-state index is 13.2. The highest BCUT2D eigenvalue weighted by atomic mass is 16.5. The van der Waals surface area contributed by atoms with Crippen LogP contribution in [-0.4, -0.2) is 54.0 Å². The second-order valence-corrected chi connectivity index (χ2v) is 7.53. The molecule has 0 aromatic heterocycles. The third kappa shape index (κ3) is 2.66. The van der Waals surface area contributed by atoms with Crippen LogP contribution in [0.3, 0.4) is 0 Å². The Bertz CT molecular complexity index is 598. The van der Waals surface area contributed by atoms with Crippen molar-refractivity contribution < 1.29 is 24.2 Å². The minimum Gasteiger partial charge on any atom is -0.478 e. The van der Waals surface area contributed by atoms with Crippen LogP contribution in [0.4, 0.5) is 0 Å². The standard InChI is InChI=1S/C18H25NO5/c1-18-7-5-12(17(22)23)15(18)14(13(20)6-8-18)16(21)19-9-3-4-11(19)10-24-2/h5,11,14-15H,3-4,6-10H2,1-2H3,(H,22,23)/t11-,14-,15+,18-/m0/s1. The normalized spacial score (nSPS) is 35.8. The second-order valence-electron chi connectivity index (χ2n) is 7.53. The summed E-state index contributed by atoms with van der Waals surface area (Å²) in [6.45, 7) is 3.08. The van der Waals surface area contributed by atoms with Crippen molar-refractivity contribution in [3.8, 4) is 0 Å². The van der Waals surface area contributed by atoms with Crippen molar-refractivity contribution in [1.82, 2.24) is 4.90 Å². The molecule has 3 aliphatic rings. The first-order chi connectivity index (χ1) is 11.4. The van der Waals surface area contributed by atoms with Gasteiger partial charge in [-0.2, -0.15) is 0 Å². The number of hydrogen-bond acceptors (Lipinski definition) is 4. The van der Waals surface area contributed by atoms with E-state index in [1.165, 1.54) is 0 Å². The first-order valence-corrected chi connectivity index (χ1v) is 8.64. The molecule has 6 nitrogen and oxygen atoms in total. The van der Waals surface area contributed by atoms with E-state index in [-0.39, 0.29) is 28.7 Å². The Labute approximate surface area is 141 Å². The molecular formula is C18H25NO5. The molecule has 1 aliphatic heterocycles. The zero-order chi connectivity index (χ0) is 17.5. The Hall–Kier alpha value is -1.69. The summed E-state index contributed by atoms with van der Waals surface area (Å²) < 4.78 is 5.20. The van der Waals surface area contributed by atoms with Crippen LogP contribution in [0, 0.1) is 17.3 Å². The highest BCUT2D eigenvalue weighted by molar-refractivity contribution is 6.05. The molecular weight excluding hydrogens is 310 g/mol. The number of fused-ring (bicyclic) bond motifs is 1. The lowest BCUT2D eigenvalue weighted by molar-refractivity contribution is -0.149. The Morgan fingerprint density at radius 3 is 2.88 bits per heavy atom. The van der Waals surface area contributed by atoms with Crippen LogP contribution in [0.25, 0.3) is 0 Å². The molecule has 1 N–H and O–H groups in total. The summed E-state index contributed by atoms with van der Waals surface area (Å²) in [6, 6.07) is -0.0119. The molecule has 0 aromatic carbocycles. The highest BCUT2D eigenvalue weighted by Crippen LogP contribution is 2.53. The number of amides is 1. The van der Waals surface area contributed by atoms with Crippen molar-refractivity contribution >= 4 is 17.7 Å².